The van der Waals surface area contributed by atoms with E-state index < -0.39 is 5.60 Å². The van der Waals surface area contributed by atoms with Crippen molar-refractivity contribution in [3.63, 3.8) is 0 Å². The van der Waals surface area contributed by atoms with Crippen molar-refractivity contribution in [2.45, 2.75) is 31.4 Å². The molecule has 0 radical (unpaired) electrons. The van der Waals surface area contributed by atoms with E-state index in [1.165, 1.54) is 5.56 Å². The van der Waals surface area contributed by atoms with Gasteiger partial charge in [-0.1, -0.05) is 42.0 Å². The highest BCUT2D eigenvalue weighted by Crippen LogP contribution is 2.45. The summed E-state index contributed by atoms with van der Waals surface area (Å²) in [7, 11) is 0. The van der Waals surface area contributed by atoms with Gasteiger partial charge >= 0.3 is 0 Å². The van der Waals surface area contributed by atoms with E-state index >= 15 is 0 Å². The molecule has 138 valence electrons. The Bertz CT molecular complexity index is 837. The SMILES string of the molecule is Cc1cccc(C(N2CCCC2)C(O)(c2cccnc2)c2cccnc2)c1. The molecular formula is C23H25N3O. The number of aliphatic hydroxyl groups is 1. The Morgan fingerprint density at radius 3 is 2.07 bits per heavy atom. The molecule has 2 aromatic heterocycles. The van der Waals surface area contributed by atoms with E-state index in [0.717, 1.165) is 42.6 Å². The lowest BCUT2D eigenvalue weighted by atomic mass is 9.77. The maximum Gasteiger partial charge on any atom is 0.137 e. The van der Waals surface area contributed by atoms with Gasteiger partial charge in [-0.2, -0.15) is 0 Å². The summed E-state index contributed by atoms with van der Waals surface area (Å²) >= 11 is 0. The summed E-state index contributed by atoms with van der Waals surface area (Å²) in [6.07, 6.45) is 9.32. The number of aromatic nitrogens is 2. The van der Waals surface area contributed by atoms with Crippen LogP contribution in [0.4, 0.5) is 0 Å². The molecule has 1 N–H and O–H groups in total. The van der Waals surface area contributed by atoms with E-state index in [0.29, 0.717) is 0 Å². The Kier molecular flexibility index (Phi) is 5.01. The largest absolute Gasteiger partial charge is 0.378 e. The van der Waals surface area contributed by atoms with E-state index in [2.05, 4.69) is 46.1 Å². The van der Waals surface area contributed by atoms with Crippen molar-refractivity contribution in [2.24, 2.45) is 0 Å². The number of nitrogens with zero attached hydrogens (tertiary/aromatic N) is 3. The molecule has 0 aliphatic carbocycles. The topological polar surface area (TPSA) is 49.2 Å². The maximum atomic E-state index is 12.3. The molecule has 1 atom stereocenters. The Hall–Kier alpha value is -2.56. The Morgan fingerprint density at radius 2 is 1.56 bits per heavy atom. The standard InChI is InChI=1S/C23H25N3O/c1-18-7-4-8-19(15-18)22(26-13-2-3-14-26)23(27,20-9-5-11-24-16-20)21-10-6-12-25-17-21/h4-12,15-17,22,27H,2-3,13-14H2,1H3. The van der Waals surface area contributed by atoms with Crippen molar-refractivity contribution in [3.8, 4) is 0 Å². The molecular weight excluding hydrogens is 334 g/mol. The van der Waals surface area contributed by atoms with Gasteiger partial charge in [0.2, 0.25) is 0 Å². The molecule has 1 unspecified atom stereocenters. The molecule has 0 amide bonds. The summed E-state index contributed by atoms with van der Waals surface area (Å²) in [4.78, 5) is 11.0. The van der Waals surface area contributed by atoms with Crippen molar-refractivity contribution in [1.82, 2.24) is 14.9 Å². The van der Waals surface area contributed by atoms with E-state index in [4.69, 9.17) is 0 Å². The van der Waals surface area contributed by atoms with Gasteiger partial charge < -0.3 is 5.11 Å². The Morgan fingerprint density at radius 1 is 0.926 bits per heavy atom. The van der Waals surface area contributed by atoms with Crippen molar-refractivity contribution in [2.75, 3.05) is 13.1 Å². The van der Waals surface area contributed by atoms with Gasteiger partial charge in [0, 0.05) is 35.9 Å². The molecule has 1 fully saturated rings. The lowest BCUT2D eigenvalue weighted by Crippen LogP contribution is -2.44. The predicted octanol–water partition coefficient (Wildman–Crippen LogP) is 3.86. The zero-order valence-electron chi connectivity index (χ0n) is 15.6. The monoisotopic (exact) mass is 359 g/mol. The number of aryl methyl sites for hydroxylation is 1. The summed E-state index contributed by atoms with van der Waals surface area (Å²) in [5.74, 6) is 0. The molecule has 4 heteroatoms. The first kappa shape index (κ1) is 17.8. The molecule has 1 aromatic carbocycles. The zero-order valence-corrected chi connectivity index (χ0v) is 15.6. The molecule has 0 spiro atoms. The number of pyridine rings is 2. The minimum absolute atomic E-state index is 0.201. The van der Waals surface area contributed by atoms with Gasteiger partial charge in [0.25, 0.3) is 0 Å². The Balaban J connectivity index is 1.94. The number of hydrogen-bond donors (Lipinski definition) is 1. The van der Waals surface area contributed by atoms with E-state index in [1.54, 1.807) is 24.8 Å². The smallest absolute Gasteiger partial charge is 0.137 e. The normalized spacial score (nSPS) is 16.4. The predicted molar refractivity (Wildman–Crippen MR) is 106 cm³/mol. The maximum absolute atomic E-state index is 12.3. The van der Waals surface area contributed by atoms with Crippen LogP contribution in [0.5, 0.6) is 0 Å². The molecule has 0 bridgehead atoms. The van der Waals surface area contributed by atoms with Crippen LogP contribution in [0, 0.1) is 6.92 Å². The van der Waals surface area contributed by atoms with E-state index in [9.17, 15) is 5.11 Å². The van der Waals surface area contributed by atoms with Gasteiger partial charge in [-0.05, 0) is 50.6 Å². The van der Waals surface area contributed by atoms with E-state index in [-0.39, 0.29) is 6.04 Å². The third kappa shape index (κ3) is 3.38. The van der Waals surface area contributed by atoms with Gasteiger partial charge in [0.1, 0.15) is 5.60 Å². The molecule has 3 heterocycles. The van der Waals surface area contributed by atoms with Crippen LogP contribution in [0.25, 0.3) is 0 Å². The zero-order chi connectivity index (χ0) is 18.7. The number of rotatable bonds is 5. The molecule has 1 aliphatic rings. The minimum Gasteiger partial charge on any atom is -0.378 e. The molecule has 27 heavy (non-hydrogen) atoms. The van der Waals surface area contributed by atoms with Crippen LogP contribution in [0.1, 0.15) is 41.1 Å². The summed E-state index contributed by atoms with van der Waals surface area (Å²) in [5.41, 5.74) is 2.65. The van der Waals surface area contributed by atoms with Crippen LogP contribution in [-0.2, 0) is 5.60 Å². The average Bonchev–Trinajstić information content (AvgIpc) is 3.23. The summed E-state index contributed by atoms with van der Waals surface area (Å²) in [5, 5.41) is 12.3. The summed E-state index contributed by atoms with van der Waals surface area (Å²) in [6, 6.07) is 15.9. The second-order valence-electron chi connectivity index (χ2n) is 7.31. The Labute approximate surface area is 160 Å². The highest BCUT2D eigenvalue weighted by atomic mass is 16.3. The van der Waals surface area contributed by atoms with Crippen LogP contribution >= 0.6 is 0 Å². The second kappa shape index (κ2) is 7.59. The number of hydrogen-bond acceptors (Lipinski definition) is 4. The van der Waals surface area contributed by atoms with Crippen LogP contribution in [0.15, 0.2) is 73.3 Å². The summed E-state index contributed by atoms with van der Waals surface area (Å²) in [6.45, 7) is 4.04. The fraction of sp³-hybridized carbons (Fsp3) is 0.304. The molecule has 3 aromatic rings. The van der Waals surface area contributed by atoms with Gasteiger partial charge in [0.15, 0.2) is 0 Å². The fourth-order valence-electron chi connectivity index (χ4n) is 4.22. The molecule has 4 nitrogen and oxygen atoms in total. The molecule has 4 rings (SSSR count). The minimum atomic E-state index is -1.24. The van der Waals surface area contributed by atoms with Crippen LogP contribution in [0.3, 0.4) is 0 Å². The fourth-order valence-corrected chi connectivity index (χ4v) is 4.22. The lowest BCUT2D eigenvalue weighted by Gasteiger charge is -2.42. The van der Waals surface area contributed by atoms with Crippen LogP contribution in [-0.4, -0.2) is 33.1 Å². The highest BCUT2D eigenvalue weighted by Gasteiger charge is 2.45. The van der Waals surface area contributed by atoms with Gasteiger partial charge in [-0.15, -0.1) is 0 Å². The van der Waals surface area contributed by atoms with Crippen LogP contribution < -0.4 is 0 Å². The van der Waals surface area contributed by atoms with Crippen molar-refractivity contribution in [1.29, 1.82) is 0 Å². The number of benzene rings is 1. The first-order chi connectivity index (χ1) is 13.2. The quantitative estimate of drug-likeness (QED) is 0.752. The molecule has 0 saturated carbocycles. The third-order valence-electron chi connectivity index (χ3n) is 5.46. The number of likely N-dealkylation sites (tertiary alicyclic amines) is 1. The van der Waals surface area contributed by atoms with E-state index in [1.807, 2.05) is 24.3 Å². The average molecular weight is 359 g/mol. The lowest BCUT2D eigenvalue weighted by molar-refractivity contribution is -0.0152. The van der Waals surface area contributed by atoms with Gasteiger partial charge in [0.05, 0.1) is 6.04 Å². The first-order valence-corrected chi connectivity index (χ1v) is 9.53. The van der Waals surface area contributed by atoms with Crippen LogP contribution in [0.2, 0.25) is 0 Å². The van der Waals surface area contributed by atoms with Crippen molar-refractivity contribution < 1.29 is 5.11 Å². The van der Waals surface area contributed by atoms with Gasteiger partial charge in [-0.3, -0.25) is 14.9 Å². The molecule has 1 saturated heterocycles. The third-order valence-corrected chi connectivity index (χ3v) is 5.46. The van der Waals surface area contributed by atoms with Crippen molar-refractivity contribution in [3.05, 3.63) is 95.6 Å². The molecule has 1 aliphatic heterocycles. The summed E-state index contributed by atoms with van der Waals surface area (Å²) < 4.78 is 0. The second-order valence-corrected chi connectivity index (χ2v) is 7.31. The highest BCUT2D eigenvalue weighted by molar-refractivity contribution is 5.40. The van der Waals surface area contributed by atoms with Crippen molar-refractivity contribution >= 4 is 0 Å². The van der Waals surface area contributed by atoms with Gasteiger partial charge in [-0.25, -0.2) is 0 Å². The first-order valence-electron chi connectivity index (χ1n) is 9.53.